The summed E-state index contributed by atoms with van der Waals surface area (Å²) < 4.78 is 7.55. The molecule has 0 radical (unpaired) electrons. The first-order valence-corrected chi connectivity index (χ1v) is 6.06. The Morgan fingerprint density at radius 1 is 1.35 bits per heavy atom. The van der Waals surface area contributed by atoms with Crippen LogP contribution in [0.1, 0.15) is 31.4 Å². The number of rotatable bonds is 4. The second-order valence-corrected chi connectivity index (χ2v) is 4.44. The van der Waals surface area contributed by atoms with Crippen molar-refractivity contribution in [3.63, 3.8) is 0 Å². The van der Waals surface area contributed by atoms with Crippen molar-refractivity contribution in [3.05, 3.63) is 30.0 Å². The number of methoxy groups -OCH3 is 1. The van der Waals surface area contributed by atoms with Gasteiger partial charge in [-0.15, -0.1) is 0 Å². The van der Waals surface area contributed by atoms with Crippen molar-refractivity contribution in [1.82, 2.24) is 4.57 Å². The third kappa shape index (κ3) is 2.03. The zero-order valence-corrected chi connectivity index (χ0v) is 10.7. The molecular formula is C14H20N2O. The summed E-state index contributed by atoms with van der Waals surface area (Å²) in [5.74, 6) is 0.893. The standard InChI is InChI=1S/C14H20N2O/c1-4-5-11(15)14-10-8-9-16(2)12(10)6-7-13(14)17-3/h6-9,11H,4-5,15H2,1-3H3. The van der Waals surface area contributed by atoms with Crippen LogP contribution in [-0.4, -0.2) is 11.7 Å². The van der Waals surface area contributed by atoms with E-state index in [-0.39, 0.29) is 6.04 Å². The van der Waals surface area contributed by atoms with Gasteiger partial charge < -0.3 is 15.0 Å². The van der Waals surface area contributed by atoms with Gasteiger partial charge >= 0.3 is 0 Å². The molecule has 1 unspecified atom stereocenters. The summed E-state index contributed by atoms with van der Waals surface area (Å²) in [6.45, 7) is 2.15. The molecule has 0 aliphatic heterocycles. The van der Waals surface area contributed by atoms with Crippen molar-refractivity contribution in [1.29, 1.82) is 0 Å². The SMILES string of the molecule is CCCC(N)c1c(OC)ccc2c1ccn2C. The number of benzene rings is 1. The van der Waals surface area contributed by atoms with E-state index < -0.39 is 0 Å². The van der Waals surface area contributed by atoms with Gasteiger partial charge in [0.25, 0.3) is 0 Å². The van der Waals surface area contributed by atoms with Crippen molar-refractivity contribution in [2.75, 3.05) is 7.11 Å². The molecule has 0 aliphatic rings. The molecule has 3 nitrogen and oxygen atoms in total. The van der Waals surface area contributed by atoms with Crippen LogP contribution in [0, 0.1) is 0 Å². The molecular weight excluding hydrogens is 212 g/mol. The minimum absolute atomic E-state index is 0.0426. The summed E-state index contributed by atoms with van der Waals surface area (Å²) in [6, 6.07) is 6.24. The lowest BCUT2D eigenvalue weighted by Gasteiger charge is -2.16. The topological polar surface area (TPSA) is 40.2 Å². The smallest absolute Gasteiger partial charge is 0.124 e. The largest absolute Gasteiger partial charge is 0.496 e. The Labute approximate surface area is 102 Å². The Kier molecular flexibility index (Phi) is 3.38. The van der Waals surface area contributed by atoms with Crippen LogP contribution in [0.3, 0.4) is 0 Å². The fourth-order valence-corrected chi connectivity index (χ4v) is 2.37. The monoisotopic (exact) mass is 232 g/mol. The highest BCUT2D eigenvalue weighted by Crippen LogP contribution is 2.34. The van der Waals surface area contributed by atoms with E-state index in [1.807, 2.05) is 13.1 Å². The van der Waals surface area contributed by atoms with E-state index >= 15 is 0 Å². The molecule has 0 aliphatic carbocycles. The molecule has 1 aromatic carbocycles. The van der Waals surface area contributed by atoms with E-state index in [1.54, 1.807) is 7.11 Å². The highest BCUT2D eigenvalue weighted by atomic mass is 16.5. The molecule has 1 atom stereocenters. The second-order valence-electron chi connectivity index (χ2n) is 4.44. The van der Waals surface area contributed by atoms with Crippen molar-refractivity contribution in [2.24, 2.45) is 12.8 Å². The summed E-state index contributed by atoms with van der Waals surface area (Å²) in [6.07, 6.45) is 4.12. The van der Waals surface area contributed by atoms with E-state index in [1.165, 1.54) is 10.9 Å². The van der Waals surface area contributed by atoms with Crippen LogP contribution in [0.5, 0.6) is 5.75 Å². The Bertz CT molecular complexity index is 516. The van der Waals surface area contributed by atoms with E-state index in [2.05, 4.69) is 29.8 Å². The Morgan fingerprint density at radius 3 is 2.76 bits per heavy atom. The zero-order chi connectivity index (χ0) is 12.4. The fraction of sp³-hybridized carbons (Fsp3) is 0.429. The number of aryl methyl sites for hydroxylation is 1. The number of hydrogen-bond acceptors (Lipinski definition) is 2. The van der Waals surface area contributed by atoms with Gasteiger partial charge in [0.15, 0.2) is 0 Å². The van der Waals surface area contributed by atoms with Crippen LogP contribution in [0.2, 0.25) is 0 Å². The fourth-order valence-electron chi connectivity index (χ4n) is 2.37. The molecule has 17 heavy (non-hydrogen) atoms. The van der Waals surface area contributed by atoms with E-state index in [0.717, 1.165) is 24.2 Å². The van der Waals surface area contributed by atoms with E-state index in [4.69, 9.17) is 10.5 Å². The van der Waals surface area contributed by atoms with Crippen LogP contribution in [0.4, 0.5) is 0 Å². The highest BCUT2D eigenvalue weighted by molar-refractivity contribution is 5.86. The predicted octanol–water partition coefficient (Wildman–Crippen LogP) is 2.99. The van der Waals surface area contributed by atoms with Crippen LogP contribution in [0.25, 0.3) is 10.9 Å². The van der Waals surface area contributed by atoms with Gasteiger partial charge in [0, 0.05) is 35.8 Å². The van der Waals surface area contributed by atoms with Crippen molar-refractivity contribution in [3.8, 4) is 5.75 Å². The minimum Gasteiger partial charge on any atom is -0.496 e. The molecule has 0 fully saturated rings. The molecule has 2 aromatic rings. The van der Waals surface area contributed by atoms with Gasteiger partial charge in [0.2, 0.25) is 0 Å². The summed E-state index contributed by atoms with van der Waals surface area (Å²) in [7, 11) is 3.75. The number of ether oxygens (including phenoxy) is 1. The van der Waals surface area contributed by atoms with Crippen LogP contribution in [-0.2, 0) is 7.05 Å². The maximum Gasteiger partial charge on any atom is 0.124 e. The molecule has 0 saturated heterocycles. The van der Waals surface area contributed by atoms with E-state index in [9.17, 15) is 0 Å². The summed E-state index contributed by atoms with van der Waals surface area (Å²) in [5, 5.41) is 1.20. The third-order valence-corrected chi connectivity index (χ3v) is 3.26. The van der Waals surface area contributed by atoms with Crippen LogP contribution < -0.4 is 10.5 Å². The van der Waals surface area contributed by atoms with Crippen LogP contribution >= 0.6 is 0 Å². The first-order valence-electron chi connectivity index (χ1n) is 6.06. The molecule has 2 N–H and O–H groups in total. The molecule has 3 heteroatoms. The molecule has 0 saturated carbocycles. The van der Waals surface area contributed by atoms with Gasteiger partial charge in [-0.2, -0.15) is 0 Å². The zero-order valence-electron chi connectivity index (χ0n) is 10.7. The van der Waals surface area contributed by atoms with Crippen LogP contribution in [0.15, 0.2) is 24.4 Å². The van der Waals surface area contributed by atoms with E-state index in [0.29, 0.717) is 0 Å². The minimum atomic E-state index is 0.0426. The number of fused-ring (bicyclic) bond motifs is 1. The molecule has 0 bridgehead atoms. The quantitative estimate of drug-likeness (QED) is 0.880. The number of hydrogen-bond donors (Lipinski definition) is 1. The Hall–Kier alpha value is -1.48. The van der Waals surface area contributed by atoms with Crippen molar-refractivity contribution < 1.29 is 4.74 Å². The second kappa shape index (κ2) is 4.80. The van der Waals surface area contributed by atoms with Gasteiger partial charge in [0.05, 0.1) is 7.11 Å². The molecule has 2 rings (SSSR count). The molecule has 1 aromatic heterocycles. The average molecular weight is 232 g/mol. The molecule has 92 valence electrons. The highest BCUT2D eigenvalue weighted by Gasteiger charge is 2.16. The molecule has 0 spiro atoms. The lowest BCUT2D eigenvalue weighted by Crippen LogP contribution is -2.11. The van der Waals surface area contributed by atoms with Gasteiger partial charge in [-0.1, -0.05) is 13.3 Å². The predicted molar refractivity (Wildman–Crippen MR) is 71.3 cm³/mol. The third-order valence-electron chi connectivity index (χ3n) is 3.26. The van der Waals surface area contributed by atoms with Gasteiger partial charge in [-0.25, -0.2) is 0 Å². The van der Waals surface area contributed by atoms with Gasteiger partial charge in [0.1, 0.15) is 5.75 Å². The summed E-state index contributed by atoms with van der Waals surface area (Å²) in [4.78, 5) is 0. The maximum absolute atomic E-state index is 6.27. The molecule has 1 heterocycles. The van der Waals surface area contributed by atoms with Gasteiger partial charge in [-0.05, 0) is 24.6 Å². The lowest BCUT2D eigenvalue weighted by molar-refractivity contribution is 0.405. The normalized spacial score (nSPS) is 12.9. The average Bonchev–Trinajstić information content (AvgIpc) is 2.70. The first kappa shape index (κ1) is 12.0. The number of nitrogens with zero attached hydrogens (tertiary/aromatic N) is 1. The summed E-state index contributed by atoms with van der Waals surface area (Å²) in [5.41, 5.74) is 8.60. The Balaban J connectivity index is 2.62. The first-order chi connectivity index (χ1) is 8.19. The summed E-state index contributed by atoms with van der Waals surface area (Å²) >= 11 is 0. The maximum atomic E-state index is 6.27. The van der Waals surface area contributed by atoms with Crippen molar-refractivity contribution >= 4 is 10.9 Å². The lowest BCUT2D eigenvalue weighted by atomic mass is 9.98. The van der Waals surface area contributed by atoms with Crippen molar-refractivity contribution in [2.45, 2.75) is 25.8 Å². The van der Waals surface area contributed by atoms with Gasteiger partial charge in [-0.3, -0.25) is 0 Å². The molecule has 0 amide bonds. The number of nitrogens with two attached hydrogens (primary N) is 1. The number of aromatic nitrogens is 1. The Morgan fingerprint density at radius 2 is 2.12 bits per heavy atom.